The number of carbonyl (C=O) groups is 1. The van der Waals surface area contributed by atoms with Crippen molar-refractivity contribution < 1.29 is 13.2 Å². The second-order valence-corrected chi connectivity index (χ2v) is 10.2. The largest absolute Gasteiger partial charge is 0.342 e. The summed E-state index contributed by atoms with van der Waals surface area (Å²) in [7, 11) is -3.00. The summed E-state index contributed by atoms with van der Waals surface area (Å²) in [5, 5.41) is 0. The molecule has 1 saturated carbocycles. The number of carbonyl (C=O) groups excluding carboxylic acids is 1. The Bertz CT molecular complexity index is 731. The fourth-order valence-electron chi connectivity index (χ4n) is 4.39. The first-order chi connectivity index (χ1) is 12.0. The molecule has 0 radical (unpaired) electrons. The minimum absolute atomic E-state index is 0.0392. The number of nitrogens with zero attached hydrogens (tertiary/aromatic N) is 3. The smallest absolute Gasteiger partial charge is 0.226 e. The maximum atomic E-state index is 12.6. The molecule has 0 N–H and O–H groups in total. The zero-order chi connectivity index (χ0) is 17.4. The van der Waals surface area contributed by atoms with Crippen molar-refractivity contribution in [2.45, 2.75) is 51.0 Å². The second kappa shape index (κ2) is 6.74. The monoisotopic (exact) mass is 365 g/mol. The van der Waals surface area contributed by atoms with E-state index in [2.05, 4.69) is 15.7 Å². The lowest BCUT2D eigenvalue weighted by Gasteiger charge is -2.34. The lowest BCUT2D eigenvalue weighted by atomic mass is 9.85. The number of piperidine rings is 1. The molecular formula is C18H27N3O3S. The number of rotatable bonds is 4. The van der Waals surface area contributed by atoms with E-state index in [1.807, 2.05) is 11.1 Å². The topological polar surface area (TPSA) is 72.3 Å². The van der Waals surface area contributed by atoms with E-state index >= 15 is 0 Å². The van der Waals surface area contributed by atoms with Crippen LogP contribution >= 0.6 is 0 Å². The van der Waals surface area contributed by atoms with Gasteiger partial charge >= 0.3 is 0 Å². The van der Waals surface area contributed by atoms with E-state index in [-0.39, 0.29) is 23.3 Å². The summed E-state index contributed by atoms with van der Waals surface area (Å²) in [6.45, 7) is 2.51. The van der Waals surface area contributed by atoms with Crippen LogP contribution in [0.25, 0.3) is 0 Å². The minimum Gasteiger partial charge on any atom is -0.342 e. The Morgan fingerprint density at radius 2 is 1.92 bits per heavy atom. The third-order valence-electron chi connectivity index (χ3n) is 6.18. The molecule has 6 nitrogen and oxygen atoms in total. The fraction of sp³-hybridized carbons (Fsp3) is 0.778. The molecule has 3 heterocycles. The van der Waals surface area contributed by atoms with Gasteiger partial charge in [-0.3, -0.25) is 4.79 Å². The van der Waals surface area contributed by atoms with Gasteiger partial charge in [0, 0.05) is 37.9 Å². The van der Waals surface area contributed by atoms with E-state index in [9.17, 15) is 13.2 Å². The highest BCUT2D eigenvalue weighted by Crippen LogP contribution is 2.32. The van der Waals surface area contributed by atoms with Gasteiger partial charge in [0.2, 0.25) is 5.91 Å². The first-order valence-electron chi connectivity index (χ1n) is 9.52. The molecule has 1 aliphatic carbocycles. The number of aromatic nitrogens is 2. The Morgan fingerprint density at radius 3 is 2.52 bits per heavy atom. The van der Waals surface area contributed by atoms with Crippen molar-refractivity contribution in [1.29, 1.82) is 0 Å². The van der Waals surface area contributed by atoms with E-state index in [0.29, 0.717) is 12.3 Å². The van der Waals surface area contributed by atoms with Gasteiger partial charge in [-0.05, 0) is 38.0 Å². The molecule has 0 aromatic carbocycles. The Kier molecular flexibility index (Phi) is 4.60. The van der Waals surface area contributed by atoms with Gasteiger partial charge in [-0.15, -0.1) is 0 Å². The molecule has 138 valence electrons. The van der Waals surface area contributed by atoms with Crippen LogP contribution in [0.1, 0.15) is 50.3 Å². The van der Waals surface area contributed by atoms with Gasteiger partial charge in [0.1, 0.15) is 5.82 Å². The van der Waals surface area contributed by atoms with Crippen molar-refractivity contribution >= 4 is 15.7 Å². The minimum atomic E-state index is -3.00. The van der Waals surface area contributed by atoms with Crippen LogP contribution in [0.2, 0.25) is 0 Å². The van der Waals surface area contributed by atoms with Crippen LogP contribution < -0.4 is 0 Å². The number of likely N-dealkylation sites (tertiary alicyclic amines) is 1. The molecule has 1 atom stereocenters. The van der Waals surface area contributed by atoms with Crippen LogP contribution in [0.5, 0.6) is 0 Å². The number of amides is 1. The summed E-state index contributed by atoms with van der Waals surface area (Å²) in [6, 6.07) is 0. The first kappa shape index (κ1) is 17.1. The molecule has 2 saturated heterocycles. The first-order valence-corrected chi connectivity index (χ1v) is 11.3. The van der Waals surface area contributed by atoms with Crippen molar-refractivity contribution in [2.24, 2.45) is 11.8 Å². The molecule has 2 aliphatic heterocycles. The molecular weight excluding hydrogens is 338 g/mol. The normalized spacial score (nSPS) is 27.4. The molecule has 1 aromatic heterocycles. The van der Waals surface area contributed by atoms with Crippen LogP contribution in [-0.2, 0) is 21.2 Å². The van der Waals surface area contributed by atoms with E-state index < -0.39 is 9.84 Å². The van der Waals surface area contributed by atoms with Crippen molar-refractivity contribution in [2.75, 3.05) is 24.6 Å². The highest BCUT2D eigenvalue weighted by Gasteiger charge is 2.37. The second-order valence-electron chi connectivity index (χ2n) is 7.93. The lowest BCUT2D eigenvalue weighted by Crippen LogP contribution is -2.42. The molecule has 3 fully saturated rings. The maximum Gasteiger partial charge on any atom is 0.226 e. The van der Waals surface area contributed by atoms with Gasteiger partial charge in [-0.25, -0.2) is 13.4 Å². The van der Waals surface area contributed by atoms with E-state index in [1.54, 1.807) is 0 Å². The number of sulfone groups is 1. The quantitative estimate of drug-likeness (QED) is 0.816. The van der Waals surface area contributed by atoms with Crippen molar-refractivity contribution in [1.82, 2.24) is 14.5 Å². The van der Waals surface area contributed by atoms with Gasteiger partial charge < -0.3 is 9.47 Å². The average molecular weight is 365 g/mol. The van der Waals surface area contributed by atoms with Crippen LogP contribution in [0, 0.1) is 11.8 Å². The maximum absolute atomic E-state index is 12.6. The molecule has 7 heteroatoms. The number of hydrogen-bond acceptors (Lipinski definition) is 4. The molecule has 0 bridgehead atoms. The molecule has 1 unspecified atom stereocenters. The van der Waals surface area contributed by atoms with E-state index in [0.717, 1.165) is 38.4 Å². The predicted octanol–water partition coefficient (Wildman–Crippen LogP) is 1.82. The van der Waals surface area contributed by atoms with E-state index in [4.69, 9.17) is 0 Å². The van der Waals surface area contributed by atoms with Gasteiger partial charge in [-0.2, -0.15) is 0 Å². The lowest BCUT2D eigenvalue weighted by molar-refractivity contribution is -0.135. The molecule has 1 aromatic rings. The predicted molar refractivity (Wildman–Crippen MR) is 94.9 cm³/mol. The summed E-state index contributed by atoms with van der Waals surface area (Å²) in [5.74, 6) is 2.31. The highest BCUT2D eigenvalue weighted by atomic mass is 32.2. The third-order valence-corrected chi connectivity index (χ3v) is 7.95. The zero-order valence-electron chi connectivity index (χ0n) is 14.6. The Labute approximate surface area is 149 Å². The number of hydrogen-bond donors (Lipinski definition) is 0. The summed E-state index contributed by atoms with van der Waals surface area (Å²) in [4.78, 5) is 19.1. The Hall–Kier alpha value is -1.37. The van der Waals surface area contributed by atoms with Crippen LogP contribution in [0.4, 0.5) is 0 Å². The van der Waals surface area contributed by atoms with Crippen LogP contribution in [0.15, 0.2) is 12.4 Å². The van der Waals surface area contributed by atoms with Gasteiger partial charge in [0.25, 0.3) is 0 Å². The van der Waals surface area contributed by atoms with Crippen molar-refractivity contribution in [3.05, 3.63) is 18.2 Å². The zero-order valence-corrected chi connectivity index (χ0v) is 15.5. The van der Waals surface area contributed by atoms with Gasteiger partial charge in [0.05, 0.1) is 17.4 Å². The molecule has 4 rings (SSSR count). The summed E-state index contributed by atoms with van der Waals surface area (Å²) >= 11 is 0. The summed E-state index contributed by atoms with van der Waals surface area (Å²) in [6.07, 6.45) is 10.3. The molecule has 0 spiro atoms. The summed E-state index contributed by atoms with van der Waals surface area (Å²) < 4.78 is 25.5. The van der Waals surface area contributed by atoms with E-state index in [1.165, 1.54) is 25.1 Å². The molecule has 25 heavy (non-hydrogen) atoms. The Morgan fingerprint density at radius 1 is 1.16 bits per heavy atom. The standard InChI is InChI=1S/C18H27N3O3S/c22-18(16-6-11-25(23,24)13-16)20-8-4-15(5-9-20)17-19-7-10-21(17)12-14-2-1-3-14/h7,10,14-16H,1-6,8-9,11-13H2. The van der Waals surface area contributed by atoms with Gasteiger partial charge in [0.15, 0.2) is 9.84 Å². The van der Waals surface area contributed by atoms with Crippen LogP contribution in [-0.4, -0.2) is 53.4 Å². The molecule has 3 aliphatic rings. The van der Waals surface area contributed by atoms with Crippen molar-refractivity contribution in [3.8, 4) is 0 Å². The number of imidazole rings is 1. The highest BCUT2D eigenvalue weighted by molar-refractivity contribution is 7.91. The third kappa shape index (κ3) is 3.61. The Balaban J connectivity index is 1.34. The SMILES string of the molecule is O=C(C1CCS(=O)(=O)C1)N1CCC(c2nccn2CC2CCC2)CC1. The van der Waals surface area contributed by atoms with Crippen LogP contribution in [0.3, 0.4) is 0 Å². The average Bonchev–Trinajstić information content (AvgIpc) is 3.16. The fourth-order valence-corrected chi connectivity index (χ4v) is 6.13. The van der Waals surface area contributed by atoms with Gasteiger partial charge in [-0.1, -0.05) is 6.42 Å². The molecule has 1 amide bonds. The summed E-state index contributed by atoms with van der Waals surface area (Å²) in [5.41, 5.74) is 0. The van der Waals surface area contributed by atoms with Crippen molar-refractivity contribution in [3.63, 3.8) is 0 Å².